The zero-order valence-corrected chi connectivity index (χ0v) is 18.1. The summed E-state index contributed by atoms with van der Waals surface area (Å²) in [4.78, 5) is 22.1. The second-order valence-electron chi connectivity index (χ2n) is 6.26. The third kappa shape index (κ3) is 4.13. The zero-order valence-electron chi connectivity index (χ0n) is 16.5. The van der Waals surface area contributed by atoms with Gasteiger partial charge in [-0.05, 0) is 39.4 Å². The average Bonchev–Trinajstić information content (AvgIpc) is 3.00. The van der Waals surface area contributed by atoms with Crippen LogP contribution in [0, 0.1) is 13.8 Å². The molecule has 2 aromatic rings. The van der Waals surface area contributed by atoms with Crippen molar-refractivity contribution in [1.82, 2.24) is 14.8 Å². The Morgan fingerprint density at radius 2 is 1.85 bits per heavy atom. The van der Waals surface area contributed by atoms with Gasteiger partial charge in [0.05, 0.1) is 12.0 Å². The number of fused-ring (bicyclic) bond motifs is 1. The molecule has 1 amide bonds. The molecule has 0 aliphatic rings. The van der Waals surface area contributed by atoms with Gasteiger partial charge < -0.3 is 14.5 Å². The van der Waals surface area contributed by atoms with Crippen molar-refractivity contribution >= 4 is 38.9 Å². The highest BCUT2D eigenvalue weighted by Crippen LogP contribution is 2.43. The van der Waals surface area contributed by atoms with E-state index in [1.807, 2.05) is 27.8 Å². The van der Waals surface area contributed by atoms with Crippen LogP contribution in [0.4, 0.5) is 0 Å². The van der Waals surface area contributed by atoms with Gasteiger partial charge in [-0.2, -0.15) is 0 Å². The number of aromatic nitrogens is 1. The van der Waals surface area contributed by atoms with Crippen molar-refractivity contribution in [2.75, 3.05) is 39.8 Å². The number of carbonyl (C=O) groups excluding carboxylic acids is 1. The number of halogens is 1. The molecule has 2 aromatic heterocycles. The van der Waals surface area contributed by atoms with Crippen LogP contribution in [-0.4, -0.2) is 60.5 Å². The molecule has 2 rings (SSSR count). The smallest absolute Gasteiger partial charge is 0.267 e. The molecule has 5 nitrogen and oxygen atoms in total. The molecule has 0 radical (unpaired) electrons. The van der Waals surface area contributed by atoms with Crippen molar-refractivity contribution in [2.45, 2.75) is 34.6 Å². The number of aryl methyl sites for hydroxylation is 2. The summed E-state index contributed by atoms with van der Waals surface area (Å²) in [5.74, 6) is 0.530. The van der Waals surface area contributed by atoms with Crippen LogP contribution < -0.4 is 4.74 Å². The summed E-state index contributed by atoms with van der Waals surface area (Å²) in [7, 11) is 1.84. The Hall–Kier alpha value is -1.37. The summed E-state index contributed by atoms with van der Waals surface area (Å²) < 4.78 is 6.81. The van der Waals surface area contributed by atoms with E-state index < -0.39 is 0 Å². The second-order valence-corrected chi connectivity index (χ2v) is 7.64. The van der Waals surface area contributed by atoms with E-state index in [0.717, 1.165) is 41.0 Å². The maximum atomic E-state index is 13.1. The van der Waals surface area contributed by atoms with Crippen LogP contribution in [0.25, 0.3) is 10.1 Å². The lowest BCUT2D eigenvalue weighted by Crippen LogP contribution is -2.36. The van der Waals surface area contributed by atoms with E-state index in [1.165, 1.54) is 11.3 Å². The number of hydrogen-bond donors (Lipinski definition) is 0. The Morgan fingerprint density at radius 3 is 2.42 bits per heavy atom. The van der Waals surface area contributed by atoms with Crippen LogP contribution in [0.15, 0.2) is 0 Å². The van der Waals surface area contributed by atoms with E-state index in [2.05, 4.69) is 23.7 Å². The number of nitrogens with zero attached hydrogens (tertiary/aromatic N) is 3. The molecule has 0 N–H and O–H groups in total. The first-order valence-corrected chi connectivity index (χ1v) is 10.2. The van der Waals surface area contributed by atoms with Gasteiger partial charge in [0, 0.05) is 30.5 Å². The van der Waals surface area contributed by atoms with Crippen molar-refractivity contribution in [3.05, 3.63) is 21.3 Å². The standard InChI is InChI=1S/C19H28ClN3O2S/c1-7-23(8-2)11-10-22(6)19(24)17-15(25-9-3)14-16(26-17)12(4)13(5)21-18(14)20/h7-11H2,1-6H3. The summed E-state index contributed by atoms with van der Waals surface area (Å²) in [6, 6.07) is 0. The van der Waals surface area contributed by atoms with Crippen LogP contribution in [0.1, 0.15) is 41.7 Å². The summed E-state index contributed by atoms with van der Waals surface area (Å²) >= 11 is 7.84. The molecule has 0 aromatic carbocycles. The van der Waals surface area contributed by atoms with Crippen LogP contribution in [-0.2, 0) is 0 Å². The highest BCUT2D eigenvalue weighted by molar-refractivity contribution is 7.21. The predicted molar refractivity (Wildman–Crippen MR) is 110 cm³/mol. The van der Waals surface area contributed by atoms with Gasteiger partial charge in [0.2, 0.25) is 0 Å². The van der Waals surface area contributed by atoms with E-state index in [9.17, 15) is 4.79 Å². The van der Waals surface area contributed by atoms with Crippen molar-refractivity contribution in [2.24, 2.45) is 0 Å². The van der Waals surface area contributed by atoms with Gasteiger partial charge in [-0.25, -0.2) is 4.98 Å². The summed E-state index contributed by atoms with van der Waals surface area (Å²) in [6.07, 6.45) is 0. The molecule has 7 heteroatoms. The molecule has 0 atom stereocenters. The van der Waals surface area contributed by atoms with Crippen LogP contribution in [0.2, 0.25) is 5.15 Å². The fourth-order valence-corrected chi connectivity index (χ4v) is 4.50. The Labute approximate surface area is 164 Å². The Balaban J connectivity index is 2.41. The minimum atomic E-state index is -0.0325. The molecular formula is C19H28ClN3O2S. The van der Waals surface area contributed by atoms with Gasteiger partial charge in [-0.15, -0.1) is 11.3 Å². The average molecular weight is 398 g/mol. The van der Waals surface area contributed by atoms with E-state index in [0.29, 0.717) is 28.9 Å². The number of hydrogen-bond acceptors (Lipinski definition) is 5. The first-order valence-electron chi connectivity index (χ1n) is 9.05. The predicted octanol–water partition coefficient (Wildman–Crippen LogP) is 4.38. The molecule has 0 unspecified atom stereocenters. The fourth-order valence-electron chi connectivity index (χ4n) is 2.85. The SMILES string of the molecule is CCOc1c(C(=O)N(C)CCN(CC)CC)sc2c(C)c(C)nc(Cl)c12. The van der Waals surface area contributed by atoms with Gasteiger partial charge in [-0.1, -0.05) is 25.4 Å². The Morgan fingerprint density at radius 1 is 1.19 bits per heavy atom. The van der Waals surface area contributed by atoms with Gasteiger partial charge in [0.15, 0.2) is 5.75 Å². The lowest BCUT2D eigenvalue weighted by molar-refractivity contribution is 0.0781. The topological polar surface area (TPSA) is 45.7 Å². The molecule has 0 saturated heterocycles. The van der Waals surface area contributed by atoms with Crippen molar-refractivity contribution in [1.29, 1.82) is 0 Å². The van der Waals surface area contributed by atoms with E-state index in [1.54, 1.807) is 4.90 Å². The van der Waals surface area contributed by atoms with Crippen molar-refractivity contribution in [3.63, 3.8) is 0 Å². The third-order valence-corrected chi connectivity index (χ3v) is 6.25. The molecule has 26 heavy (non-hydrogen) atoms. The number of thiophene rings is 1. The lowest BCUT2D eigenvalue weighted by Gasteiger charge is -2.23. The van der Waals surface area contributed by atoms with Crippen molar-refractivity contribution < 1.29 is 9.53 Å². The summed E-state index contributed by atoms with van der Waals surface area (Å²) in [5, 5.41) is 1.15. The number of likely N-dealkylation sites (N-methyl/N-ethyl adjacent to an activating group) is 2. The molecule has 0 aliphatic carbocycles. The molecule has 0 bridgehead atoms. The first-order chi connectivity index (χ1) is 12.3. The van der Waals surface area contributed by atoms with Gasteiger partial charge in [0.1, 0.15) is 10.0 Å². The van der Waals surface area contributed by atoms with Gasteiger partial charge >= 0.3 is 0 Å². The first kappa shape index (κ1) is 20.9. The highest BCUT2D eigenvalue weighted by Gasteiger charge is 2.26. The molecule has 0 spiro atoms. The minimum absolute atomic E-state index is 0.0325. The van der Waals surface area contributed by atoms with Crippen molar-refractivity contribution in [3.8, 4) is 5.75 Å². The summed E-state index contributed by atoms with van der Waals surface area (Å²) in [6.45, 7) is 14.0. The molecule has 0 aliphatic heterocycles. The Bertz CT molecular complexity index is 787. The zero-order chi connectivity index (χ0) is 19.4. The monoisotopic (exact) mass is 397 g/mol. The molecule has 144 valence electrons. The lowest BCUT2D eigenvalue weighted by atomic mass is 10.2. The van der Waals surface area contributed by atoms with Gasteiger partial charge in [-0.3, -0.25) is 4.79 Å². The normalized spacial score (nSPS) is 11.4. The van der Waals surface area contributed by atoms with Crippen LogP contribution in [0.3, 0.4) is 0 Å². The van der Waals surface area contributed by atoms with Crippen LogP contribution in [0.5, 0.6) is 5.75 Å². The maximum Gasteiger partial charge on any atom is 0.267 e. The molecule has 2 heterocycles. The number of carbonyl (C=O) groups is 1. The highest BCUT2D eigenvalue weighted by atomic mass is 35.5. The van der Waals surface area contributed by atoms with E-state index in [4.69, 9.17) is 16.3 Å². The summed E-state index contributed by atoms with van der Waals surface area (Å²) in [5.41, 5.74) is 1.92. The van der Waals surface area contributed by atoms with E-state index in [-0.39, 0.29) is 5.91 Å². The van der Waals surface area contributed by atoms with Crippen LogP contribution >= 0.6 is 22.9 Å². The number of ether oxygens (including phenoxy) is 1. The molecule has 0 saturated carbocycles. The second kappa shape index (κ2) is 9.02. The molecule has 0 fully saturated rings. The van der Waals surface area contributed by atoms with E-state index >= 15 is 0 Å². The number of pyridine rings is 1. The molecular weight excluding hydrogens is 370 g/mol. The fraction of sp³-hybridized carbons (Fsp3) is 0.579. The quantitative estimate of drug-likeness (QED) is 0.620. The maximum absolute atomic E-state index is 13.1. The third-order valence-electron chi connectivity index (χ3n) is 4.70. The minimum Gasteiger partial charge on any atom is -0.491 e. The number of rotatable bonds is 8. The number of amides is 1. The largest absolute Gasteiger partial charge is 0.491 e. The Kier molecular flexibility index (Phi) is 7.26. The van der Waals surface area contributed by atoms with Gasteiger partial charge in [0.25, 0.3) is 5.91 Å².